The van der Waals surface area contributed by atoms with Gasteiger partial charge in [-0.25, -0.2) is 4.79 Å². The number of anilines is 2. The highest BCUT2D eigenvalue weighted by Crippen LogP contribution is 2.33. The number of urea groups is 1. The summed E-state index contributed by atoms with van der Waals surface area (Å²) in [6, 6.07) is 13.2. The van der Waals surface area contributed by atoms with Crippen LogP contribution in [-0.2, 0) is 12.8 Å². The molecule has 4 N–H and O–H groups in total. The number of rotatable bonds is 4. The number of hydrogen-bond donors (Lipinski definition) is 4. The zero-order valence-electron chi connectivity index (χ0n) is 17.0. The van der Waals surface area contributed by atoms with Gasteiger partial charge in [-0.15, -0.1) is 0 Å². The van der Waals surface area contributed by atoms with Crippen molar-refractivity contribution in [1.82, 2.24) is 10.3 Å². The maximum Gasteiger partial charge on any atom is 0.319 e. The number of aromatic nitrogens is 1. The lowest BCUT2D eigenvalue weighted by Gasteiger charge is -2.17. The van der Waals surface area contributed by atoms with Crippen molar-refractivity contribution >= 4 is 34.2 Å². The molecule has 5 rings (SSSR count). The Labute approximate surface area is 175 Å². The summed E-state index contributed by atoms with van der Waals surface area (Å²) in [5.74, 6) is 0.508. The molecule has 0 radical (unpaired) electrons. The Balaban J connectivity index is 1.36. The van der Waals surface area contributed by atoms with E-state index in [0.717, 1.165) is 36.6 Å². The maximum absolute atomic E-state index is 13.1. The molecule has 154 valence electrons. The van der Waals surface area contributed by atoms with E-state index in [0.29, 0.717) is 28.9 Å². The van der Waals surface area contributed by atoms with Crippen molar-refractivity contribution in [3.8, 4) is 0 Å². The first-order chi connectivity index (χ1) is 14.6. The van der Waals surface area contributed by atoms with Gasteiger partial charge >= 0.3 is 6.03 Å². The molecule has 3 aromatic rings. The monoisotopic (exact) mass is 402 g/mol. The highest BCUT2D eigenvalue weighted by atomic mass is 16.2. The Morgan fingerprint density at radius 1 is 1.00 bits per heavy atom. The van der Waals surface area contributed by atoms with Gasteiger partial charge in [0.15, 0.2) is 0 Å². The van der Waals surface area contributed by atoms with Gasteiger partial charge in [0, 0.05) is 28.5 Å². The molecule has 30 heavy (non-hydrogen) atoms. The second-order valence-corrected chi connectivity index (χ2v) is 8.57. The van der Waals surface area contributed by atoms with E-state index in [1.807, 2.05) is 30.3 Å². The molecule has 0 unspecified atom stereocenters. The first-order valence-corrected chi connectivity index (χ1v) is 10.7. The Hall–Kier alpha value is -3.28. The number of carbonyl (C=O) groups excluding carboxylic acids is 2. The van der Waals surface area contributed by atoms with E-state index in [-0.39, 0.29) is 11.9 Å². The van der Waals surface area contributed by atoms with Crippen LogP contribution in [0.15, 0.2) is 42.5 Å². The number of aromatic amines is 1. The maximum atomic E-state index is 13.1. The van der Waals surface area contributed by atoms with Crippen LogP contribution in [0.2, 0.25) is 0 Å². The Morgan fingerprint density at radius 3 is 2.57 bits per heavy atom. The number of aryl methyl sites for hydroxylation is 1. The van der Waals surface area contributed by atoms with Crippen LogP contribution in [-0.4, -0.2) is 23.0 Å². The molecule has 0 aliphatic heterocycles. The van der Waals surface area contributed by atoms with Crippen molar-refractivity contribution in [2.75, 3.05) is 10.6 Å². The van der Waals surface area contributed by atoms with Crippen molar-refractivity contribution < 1.29 is 9.59 Å². The fourth-order valence-corrected chi connectivity index (χ4v) is 4.26. The van der Waals surface area contributed by atoms with Crippen LogP contribution in [0.4, 0.5) is 16.2 Å². The molecule has 1 atom stereocenters. The first-order valence-electron chi connectivity index (χ1n) is 10.7. The normalized spacial score (nSPS) is 18.0. The van der Waals surface area contributed by atoms with E-state index in [4.69, 9.17) is 0 Å². The molecule has 6 nitrogen and oxygen atoms in total. The number of carbonyl (C=O) groups is 2. The van der Waals surface area contributed by atoms with Crippen molar-refractivity contribution in [1.29, 1.82) is 0 Å². The molecule has 0 bridgehead atoms. The predicted octanol–water partition coefficient (Wildman–Crippen LogP) is 4.83. The first kappa shape index (κ1) is 18.7. The summed E-state index contributed by atoms with van der Waals surface area (Å²) in [5, 5.41) is 9.84. The van der Waals surface area contributed by atoms with Gasteiger partial charge in [0.25, 0.3) is 5.91 Å². The fraction of sp³-hybridized carbons (Fsp3) is 0.333. The number of para-hydroxylation sites is 1. The molecule has 0 spiro atoms. The van der Waals surface area contributed by atoms with Crippen LogP contribution in [0.25, 0.3) is 10.9 Å². The molecule has 3 amide bonds. The zero-order valence-corrected chi connectivity index (χ0v) is 17.0. The third-order valence-corrected chi connectivity index (χ3v) is 6.00. The summed E-state index contributed by atoms with van der Waals surface area (Å²) in [6.07, 6.45) is 5.33. The van der Waals surface area contributed by atoms with Crippen LogP contribution in [0.3, 0.4) is 0 Å². The van der Waals surface area contributed by atoms with E-state index in [1.54, 1.807) is 6.07 Å². The third-order valence-electron chi connectivity index (χ3n) is 6.00. The largest absolute Gasteiger partial charge is 0.358 e. The van der Waals surface area contributed by atoms with Gasteiger partial charge in [-0.3, -0.25) is 4.79 Å². The molecule has 1 fully saturated rings. The molecule has 6 heteroatoms. The Morgan fingerprint density at radius 2 is 1.77 bits per heavy atom. The average molecular weight is 402 g/mol. The van der Waals surface area contributed by atoms with E-state index in [2.05, 4.69) is 33.9 Å². The van der Waals surface area contributed by atoms with Crippen LogP contribution in [0, 0.1) is 5.92 Å². The molecule has 2 aromatic carbocycles. The second-order valence-electron chi connectivity index (χ2n) is 8.57. The fourth-order valence-electron chi connectivity index (χ4n) is 4.26. The van der Waals surface area contributed by atoms with Gasteiger partial charge in [-0.1, -0.05) is 25.1 Å². The van der Waals surface area contributed by atoms with E-state index in [9.17, 15) is 9.59 Å². The molecule has 0 saturated heterocycles. The van der Waals surface area contributed by atoms with Crippen molar-refractivity contribution in [3.05, 3.63) is 59.3 Å². The molecule has 1 aromatic heterocycles. The van der Waals surface area contributed by atoms with Gasteiger partial charge in [0.1, 0.15) is 0 Å². The van der Waals surface area contributed by atoms with Gasteiger partial charge < -0.3 is 20.9 Å². The van der Waals surface area contributed by atoms with Gasteiger partial charge in [-0.05, 0) is 67.9 Å². The molecular formula is C24H26N4O2. The van der Waals surface area contributed by atoms with Crippen molar-refractivity contribution in [2.45, 2.75) is 45.1 Å². The summed E-state index contributed by atoms with van der Waals surface area (Å²) < 4.78 is 0. The van der Waals surface area contributed by atoms with Crippen molar-refractivity contribution in [3.63, 3.8) is 0 Å². The molecule has 1 saturated carbocycles. The molecule has 1 heterocycles. The Bertz CT molecular complexity index is 1130. The van der Waals surface area contributed by atoms with Crippen LogP contribution in [0.1, 0.15) is 47.8 Å². The minimum absolute atomic E-state index is 0.160. The van der Waals surface area contributed by atoms with Crippen LogP contribution in [0.5, 0.6) is 0 Å². The van der Waals surface area contributed by atoms with E-state index < -0.39 is 0 Å². The summed E-state index contributed by atoms with van der Waals surface area (Å²) in [5.41, 5.74) is 5.45. The number of H-pyrrole nitrogens is 1. The standard InChI is InChI=1S/C24H26N4O2/c1-14-8-11-21-20(12-14)18-6-3-7-19(22(18)28-21)23(29)25-16-4-2-5-17(13-16)27-24(30)26-15-9-10-15/h2-7,13-15,28H,8-12H2,1H3,(H,25,29)(H2,26,27,30)/t14-/m0/s1. The van der Waals surface area contributed by atoms with E-state index in [1.165, 1.54) is 17.7 Å². The minimum atomic E-state index is -0.211. The quantitative estimate of drug-likeness (QED) is 0.504. The number of amides is 3. The second kappa shape index (κ2) is 7.52. The lowest BCUT2D eigenvalue weighted by Crippen LogP contribution is -2.30. The number of nitrogens with one attached hydrogen (secondary N) is 4. The number of benzene rings is 2. The van der Waals surface area contributed by atoms with Gasteiger partial charge in [0.05, 0.1) is 11.1 Å². The van der Waals surface area contributed by atoms with Crippen molar-refractivity contribution in [2.24, 2.45) is 5.92 Å². The zero-order chi connectivity index (χ0) is 20.7. The third kappa shape index (κ3) is 3.77. The van der Waals surface area contributed by atoms with Gasteiger partial charge in [-0.2, -0.15) is 0 Å². The summed E-state index contributed by atoms with van der Waals surface area (Å²) >= 11 is 0. The minimum Gasteiger partial charge on any atom is -0.358 e. The highest BCUT2D eigenvalue weighted by molar-refractivity contribution is 6.12. The number of fused-ring (bicyclic) bond motifs is 3. The van der Waals surface area contributed by atoms with Crippen LogP contribution < -0.4 is 16.0 Å². The topological polar surface area (TPSA) is 86.0 Å². The Kier molecular flexibility index (Phi) is 4.69. The van der Waals surface area contributed by atoms with Crippen LogP contribution >= 0.6 is 0 Å². The highest BCUT2D eigenvalue weighted by Gasteiger charge is 2.24. The summed E-state index contributed by atoms with van der Waals surface area (Å²) in [7, 11) is 0. The number of hydrogen-bond acceptors (Lipinski definition) is 2. The lowest BCUT2D eigenvalue weighted by atomic mass is 9.87. The SMILES string of the molecule is C[C@H]1CCc2[nH]c3c(C(=O)Nc4cccc(NC(=O)NC5CC5)c4)cccc3c2C1. The predicted molar refractivity (Wildman–Crippen MR) is 119 cm³/mol. The smallest absolute Gasteiger partial charge is 0.319 e. The summed E-state index contributed by atoms with van der Waals surface area (Å²) in [6.45, 7) is 2.28. The molecule has 2 aliphatic rings. The summed E-state index contributed by atoms with van der Waals surface area (Å²) in [4.78, 5) is 28.5. The average Bonchev–Trinajstić information content (AvgIpc) is 3.45. The lowest BCUT2D eigenvalue weighted by molar-refractivity contribution is 0.102. The van der Waals surface area contributed by atoms with Gasteiger partial charge in [0.2, 0.25) is 0 Å². The molecule has 2 aliphatic carbocycles. The van der Waals surface area contributed by atoms with E-state index >= 15 is 0 Å². The molecular weight excluding hydrogens is 376 g/mol.